The highest BCUT2D eigenvalue weighted by Crippen LogP contribution is 2.21. The number of aryl methyl sites for hydroxylation is 1. The van der Waals surface area contributed by atoms with Crippen molar-refractivity contribution in [2.75, 3.05) is 0 Å². The molecule has 0 aliphatic carbocycles. The van der Waals surface area contributed by atoms with E-state index in [1.165, 1.54) is 13.8 Å². The Hall–Kier alpha value is -2.44. The third kappa shape index (κ3) is 3.33. The van der Waals surface area contributed by atoms with E-state index >= 15 is 0 Å². The molecule has 0 radical (unpaired) electrons. The molecule has 0 unspecified atom stereocenters. The number of carbonyl (C=O) groups excluding carboxylic acids is 4. The van der Waals surface area contributed by atoms with Crippen molar-refractivity contribution in [2.24, 2.45) is 0 Å². The van der Waals surface area contributed by atoms with Crippen molar-refractivity contribution in [1.82, 2.24) is 10.3 Å². The summed E-state index contributed by atoms with van der Waals surface area (Å²) < 4.78 is 5.16. The van der Waals surface area contributed by atoms with Crippen molar-refractivity contribution < 1.29 is 23.9 Å². The number of amides is 1. The number of H-pyrrole nitrogens is 1. The molecule has 0 bridgehead atoms. The van der Waals surface area contributed by atoms with Crippen LogP contribution in [-0.2, 0) is 14.3 Å². The van der Waals surface area contributed by atoms with Crippen molar-refractivity contribution in [2.45, 2.75) is 52.7 Å². The van der Waals surface area contributed by atoms with Crippen LogP contribution < -0.4 is 5.32 Å². The Balaban J connectivity index is 2.11. The molecule has 2 N–H and O–H groups in total. The van der Waals surface area contributed by atoms with Gasteiger partial charge in [-0.2, -0.15) is 0 Å². The summed E-state index contributed by atoms with van der Waals surface area (Å²) in [5, 5.41) is 2.50. The molecule has 2 heterocycles. The standard InChI is InChI=1S/C16H20N2O5/c1-7-13(9(3)19)8(2)17-14(7)15(21)10(4)23-16(22)11-5-6-12(20)18-11/h10-11,17H,5-6H2,1-4H3,(H,18,20)/t10-,11-/m1/s1. The average Bonchev–Trinajstić information content (AvgIpc) is 3.01. The fourth-order valence-corrected chi connectivity index (χ4v) is 2.83. The number of ether oxygens (including phenoxy) is 1. The van der Waals surface area contributed by atoms with Crippen LogP contribution in [0.4, 0.5) is 0 Å². The SMILES string of the molecule is CC(=O)c1c(C)[nH]c(C(=O)[C@@H](C)OC(=O)[C@H]2CCC(=O)N2)c1C. The van der Waals surface area contributed by atoms with Gasteiger partial charge in [-0.05, 0) is 39.7 Å². The predicted molar refractivity (Wildman–Crippen MR) is 81.3 cm³/mol. The number of hydrogen-bond acceptors (Lipinski definition) is 5. The lowest BCUT2D eigenvalue weighted by molar-refractivity contribution is -0.149. The summed E-state index contributed by atoms with van der Waals surface area (Å²) in [6.45, 7) is 6.30. The summed E-state index contributed by atoms with van der Waals surface area (Å²) in [6.07, 6.45) is -0.358. The number of rotatable bonds is 5. The van der Waals surface area contributed by atoms with Gasteiger partial charge >= 0.3 is 5.97 Å². The smallest absolute Gasteiger partial charge is 0.329 e. The maximum Gasteiger partial charge on any atom is 0.329 e. The van der Waals surface area contributed by atoms with Crippen LogP contribution in [-0.4, -0.2) is 40.6 Å². The Bertz CT molecular complexity index is 689. The molecule has 7 nitrogen and oxygen atoms in total. The zero-order chi connectivity index (χ0) is 17.3. The lowest BCUT2D eigenvalue weighted by Crippen LogP contribution is -2.38. The second-order valence-corrected chi connectivity index (χ2v) is 5.78. The highest BCUT2D eigenvalue weighted by molar-refractivity contribution is 6.05. The van der Waals surface area contributed by atoms with Crippen LogP contribution in [0.1, 0.15) is 58.8 Å². The summed E-state index contributed by atoms with van der Waals surface area (Å²) >= 11 is 0. The Morgan fingerprint density at radius 3 is 2.39 bits per heavy atom. The monoisotopic (exact) mass is 320 g/mol. The van der Waals surface area contributed by atoms with E-state index in [0.29, 0.717) is 23.2 Å². The van der Waals surface area contributed by atoms with Gasteiger partial charge in [0.25, 0.3) is 0 Å². The van der Waals surface area contributed by atoms with E-state index < -0.39 is 23.9 Å². The van der Waals surface area contributed by atoms with Gasteiger partial charge in [-0.1, -0.05) is 0 Å². The molecule has 1 aromatic heterocycles. The fourth-order valence-electron chi connectivity index (χ4n) is 2.83. The Morgan fingerprint density at radius 1 is 1.26 bits per heavy atom. The van der Waals surface area contributed by atoms with E-state index in [2.05, 4.69) is 10.3 Å². The van der Waals surface area contributed by atoms with Crippen LogP contribution in [0.5, 0.6) is 0 Å². The minimum Gasteiger partial charge on any atom is -0.453 e. The topological polar surface area (TPSA) is 105 Å². The molecule has 0 spiro atoms. The highest BCUT2D eigenvalue weighted by atomic mass is 16.5. The average molecular weight is 320 g/mol. The Kier molecular flexibility index (Phi) is 4.68. The molecule has 1 aliphatic rings. The van der Waals surface area contributed by atoms with E-state index in [1.807, 2.05) is 0 Å². The summed E-state index contributed by atoms with van der Waals surface area (Å²) in [5.41, 5.74) is 1.91. The van der Waals surface area contributed by atoms with Crippen molar-refractivity contribution in [1.29, 1.82) is 0 Å². The second kappa shape index (κ2) is 6.36. The molecular formula is C16H20N2O5. The van der Waals surface area contributed by atoms with E-state index in [4.69, 9.17) is 4.74 Å². The number of ketones is 2. The van der Waals surface area contributed by atoms with E-state index in [-0.39, 0.29) is 23.8 Å². The van der Waals surface area contributed by atoms with Crippen molar-refractivity contribution in [3.8, 4) is 0 Å². The number of aromatic amines is 1. The third-order valence-corrected chi connectivity index (χ3v) is 3.98. The maximum atomic E-state index is 12.5. The maximum absolute atomic E-state index is 12.5. The first-order chi connectivity index (χ1) is 10.7. The molecule has 0 aromatic carbocycles. The van der Waals surface area contributed by atoms with Gasteiger partial charge in [0.05, 0.1) is 5.69 Å². The summed E-state index contributed by atoms with van der Waals surface area (Å²) in [5.74, 6) is -1.36. The van der Waals surface area contributed by atoms with Crippen molar-refractivity contribution in [3.63, 3.8) is 0 Å². The molecule has 124 valence electrons. The van der Waals surface area contributed by atoms with Crippen molar-refractivity contribution >= 4 is 23.4 Å². The largest absolute Gasteiger partial charge is 0.453 e. The molecule has 23 heavy (non-hydrogen) atoms. The van der Waals surface area contributed by atoms with E-state index in [9.17, 15) is 19.2 Å². The minimum absolute atomic E-state index is 0.131. The van der Waals surface area contributed by atoms with Gasteiger partial charge in [0, 0.05) is 17.7 Å². The van der Waals surface area contributed by atoms with E-state index in [1.54, 1.807) is 13.8 Å². The highest BCUT2D eigenvalue weighted by Gasteiger charge is 2.32. The van der Waals surface area contributed by atoms with Gasteiger partial charge < -0.3 is 15.0 Å². The first-order valence-corrected chi connectivity index (χ1v) is 7.46. The Morgan fingerprint density at radius 2 is 1.91 bits per heavy atom. The van der Waals surface area contributed by atoms with Crippen LogP contribution in [0.25, 0.3) is 0 Å². The fraction of sp³-hybridized carbons (Fsp3) is 0.500. The van der Waals surface area contributed by atoms with Gasteiger partial charge in [0.15, 0.2) is 11.9 Å². The number of esters is 1. The summed E-state index contributed by atoms with van der Waals surface area (Å²) in [6, 6.07) is -0.697. The first-order valence-electron chi connectivity index (χ1n) is 7.46. The predicted octanol–water partition coefficient (Wildman–Crippen LogP) is 1.23. The molecule has 7 heteroatoms. The molecule has 1 aliphatic heterocycles. The van der Waals surface area contributed by atoms with E-state index in [0.717, 1.165) is 0 Å². The molecule has 2 rings (SSSR count). The number of carbonyl (C=O) groups is 4. The van der Waals surface area contributed by atoms with Crippen LogP contribution in [0, 0.1) is 13.8 Å². The normalized spacial score (nSPS) is 18.4. The molecule has 1 fully saturated rings. The summed E-state index contributed by atoms with van der Waals surface area (Å²) in [4.78, 5) is 50.0. The summed E-state index contributed by atoms with van der Waals surface area (Å²) in [7, 11) is 0. The third-order valence-electron chi connectivity index (χ3n) is 3.98. The van der Waals surface area contributed by atoms with Gasteiger partial charge in [-0.15, -0.1) is 0 Å². The minimum atomic E-state index is -1.00. The van der Waals surface area contributed by atoms with Gasteiger partial charge in [-0.25, -0.2) is 4.79 Å². The lowest BCUT2D eigenvalue weighted by Gasteiger charge is -2.15. The van der Waals surface area contributed by atoms with Crippen LogP contribution in [0.3, 0.4) is 0 Å². The zero-order valence-electron chi connectivity index (χ0n) is 13.6. The molecule has 2 atom stereocenters. The molecular weight excluding hydrogens is 300 g/mol. The van der Waals surface area contributed by atoms with Crippen LogP contribution in [0.15, 0.2) is 0 Å². The van der Waals surface area contributed by atoms with Gasteiger partial charge in [0.1, 0.15) is 6.04 Å². The number of hydrogen-bond donors (Lipinski definition) is 2. The zero-order valence-corrected chi connectivity index (χ0v) is 13.6. The van der Waals surface area contributed by atoms with Gasteiger partial charge in [0.2, 0.25) is 11.7 Å². The quantitative estimate of drug-likeness (QED) is 0.627. The second-order valence-electron chi connectivity index (χ2n) is 5.78. The lowest BCUT2D eigenvalue weighted by atomic mass is 10.0. The molecule has 1 saturated heterocycles. The number of Topliss-reactive ketones (excluding diaryl/α,β-unsaturated/α-hetero) is 2. The molecule has 1 amide bonds. The van der Waals surface area contributed by atoms with Crippen molar-refractivity contribution in [3.05, 3.63) is 22.5 Å². The number of nitrogens with one attached hydrogen (secondary N) is 2. The first kappa shape index (κ1) is 16.9. The molecule has 1 aromatic rings. The van der Waals surface area contributed by atoms with Gasteiger partial charge in [-0.3, -0.25) is 14.4 Å². The number of aromatic nitrogens is 1. The van der Waals surface area contributed by atoms with Crippen LogP contribution >= 0.6 is 0 Å². The Labute approximate surface area is 133 Å². The van der Waals surface area contributed by atoms with Crippen LogP contribution in [0.2, 0.25) is 0 Å². The molecule has 0 saturated carbocycles.